The first-order chi connectivity index (χ1) is 20.8. The van der Waals surface area contributed by atoms with E-state index in [1.165, 1.54) is 33.0 Å². The molecule has 0 bridgehead atoms. The fourth-order valence-electron chi connectivity index (χ4n) is 4.85. The van der Waals surface area contributed by atoms with Crippen molar-refractivity contribution in [2.45, 2.75) is 37.5 Å². The largest absolute Gasteiger partial charge is 0.497 e. The first-order valence-corrected chi connectivity index (χ1v) is 15.4. The van der Waals surface area contributed by atoms with Crippen molar-refractivity contribution in [2.75, 3.05) is 54.6 Å². The summed E-state index contributed by atoms with van der Waals surface area (Å²) in [7, 11) is 1.39. The van der Waals surface area contributed by atoms with Gasteiger partial charge in [0.15, 0.2) is 17.1 Å². The molecule has 14 heteroatoms. The Morgan fingerprint density at radius 3 is 1.80 bits per heavy atom. The van der Waals surface area contributed by atoms with Crippen LogP contribution in [0.25, 0.3) is 0 Å². The molecule has 1 aliphatic heterocycles. The number of nitrogens with zero attached hydrogens (tertiary/aromatic N) is 5. The highest BCUT2D eigenvalue weighted by molar-refractivity contribution is 7.89. The molecule has 0 saturated carbocycles. The normalized spacial score (nSPS) is 14.5. The number of halogens is 1. The Morgan fingerprint density at radius 1 is 0.886 bits per heavy atom. The van der Waals surface area contributed by atoms with Crippen molar-refractivity contribution >= 4 is 21.9 Å². The fourth-order valence-corrected chi connectivity index (χ4v) is 6.24. The van der Waals surface area contributed by atoms with Gasteiger partial charge in [0.2, 0.25) is 5.03 Å². The van der Waals surface area contributed by atoms with Gasteiger partial charge in [-0.2, -0.15) is 9.40 Å². The quantitative estimate of drug-likeness (QED) is 0.294. The maximum Gasteiger partial charge on any atom is 0.333 e. The zero-order valence-electron chi connectivity index (χ0n) is 25.7. The van der Waals surface area contributed by atoms with E-state index in [9.17, 15) is 18.0 Å². The van der Waals surface area contributed by atoms with Crippen LogP contribution >= 0.6 is 0 Å². The van der Waals surface area contributed by atoms with Crippen LogP contribution in [0.5, 0.6) is 11.5 Å². The number of sulfonamides is 1. The molecule has 0 aliphatic carbocycles. The van der Waals surface area contributed by atoms with E-state index >= 15 is 4.39 Å². The SMILES string of the molecule is COC(=O)C(C)(C)n1nc(S(=O)(=O)N(Cc2ccc(OC)cc2)Cc2ccc(OC)cc2)c(F)c1C(=O)N1CCN(C)CC1. The third-order valence-corrected chi connectivity index (χ3v) is 9.31. The molecule has 0 N–H and O–H groups in total. The second kappa shape index (κ2) is 13.3. The number of hydrogen-bond donors (Lipinski definition) is 0. The second-order valence-electron chi connectivity index (χ2n) is 11.0. The lowest BCUT2D eigenvalue weighted by Crippen LogP contribution is -2.49. The molecule has 0 unspecified atom stereocenters. The molecule has 12 nitrogen and oxygen atoms in total. The number of benzene rings is 2. The number of esters is 1. The van der Waals surface area contributed by atoms with Crippen LogP contribution in [0.4, 0.5) is 4.39 Å². The lowest BCUT2D eigenvalue weighted by atomic mass is 10.1. The van der Waals surface area contributed by atoms with Gasteiger partial charge in [-0.3, -0.25) is 4.79 Å². The second-order valence-corrected chi connectivity index (χ2v) is 12.8. The summed E-state index contributed by atoms with van der Waals surface area (Å²) in [5, 5.41) is 3.16. The van der Waals surface area contributed by atoms with Gasteiger partial charge in [0.05, 0.1) is 21.3 Å². The van der Waals surface area contributed by atoms with Gasteiger partial charge >= 0.3 is 5.97 Å². The Balaban J connectivity index is 1.83. The smallest absolute Gasteiger partial charge is 0.333 e. The van der Waals surface area contributed by atoms with Crippen molar-refractivity contribution in [3.8, 4) is 11.5 Å². The van der Waals surface area contributed by atoms with Crippen molar-refractivity contribution < 1.29 is 36.6 Å². The number of hydrogen-bond acceptors (Lipinski definition) is 9. The number of likely N-dealkylation sites (N-methyl/N-ethyl adjacent to an activating group) is 1. The maximum atomic E-state index is 16.5. The summed E-state index contributed by atoms with van der Waals surface area (Å²) in [5.74, 6) is -1.76. The van der Waals surface area contributed by atoms with E-state index in [-0.39, 0.29) is 13.1 Å². The standard InChI is InChI=1S/C30H38FN5O7S/c1-30(2,29(38)43-6)36-26(28(37)34-17-15-33(3)16-18-34)25(31)27(32-36)44(39,40)35(19-21-7-11-23(41-4)12-8-21)20-22-9-13-24(42-5)14-10-22/h7-14H,15-20H2,1-6H3. The lowest BCUT2D eigenvalue weighted by Gasteiger charge is -2.33. The summed E-state index contributed by atoms with van der Waals surface area (Å²) < 4.78 is 62.3. The molecule has 238 valence electrons. The van der Waals surface area contributed by atoms with Crippen LogP contribution < -0.4 is 9.47 Å². The summed E-state index contributed by atoms with van der Waals surface area (Å²) in [5.41, 5.74) is -1.13. The highest BCUT2D eigenvalue weighted by atomic mass is 32.2. The molecule has 1 fully saturated rings. The average Bonchev–Trinajstić information content (AvgIpc) is 3.39. The molecular weight excluding hydrogens is 593 g/mol. The number of rotatable bonds is 11. The number of methoxy groups -OCH3 is 3. The molecule has 0 atom stereocenters. The summed E-state index contributed by atoms with van der Waals surface area (Å²) in [6.07, 6.45) is 0. The molecule has 1 aromatic heterocycles. The minimum atomic E-state index is -4.69. The molecule has 1 amide bonds. The Kier molecular flexibility index (Phi) is 9.96. The first kappa shape index (κ1) is 32.9. The fraction of sp³-hybridized carbons (Fsp3) is 0.433. The zero-order valence-corrected chi connectivity index (χ0v) is 26.6. The number of aromatic nitrogens is 2. The summed E-state index contributed by atoms with van der Waals surface area (Å²) in [4.78, 5) is 30.0. The Hall–Kier alpha value is -4.01. The van der Waals surface area contributed by atoms with Crippen molar-refractivity contribution in [1.29, 1.82) is 0 Å². The topological polar surface area (TPSA) is 124 Å². The van der Waals surface area contributed by atoms with Crippen LogP contribution in [-0.2, 0) is 38.2 Å². The third-order valence-electron chi connectivity index (χ3n) is 7.63. The van der Waals surface area contributed by atoms with Gasteiger partial charge in [-0.05, 0) is 56.3 Å². The molecular formula is C30H38FN5O7S. The summed E-state index contributed by atoms with van der Waals surface area (Å²) >= 11 is 0. The lowest BCUT2D eigenvalue weighted by molar-refractivity contribution is -0.150. The third kappa shape index (κ3) is 6.71. The van der Waals surface area contributed by atoms with Crippen LogP contribution in [0.2, 0.25) is 0 Å². The van der Waals surface area contributed by atoms with Gasteiger partial charge in [0, 0.05) is 39.3 Å². The van der Waals surface area contributed by atoms with Gasteiger partial charge in [-0.25, -0.2) is 22.3 Å². The van der Waals surface area contributed by atoms with Crippen molar-refractivity contribution in [2.24, 2.45) is 0 Å². The van der Waals surface area contributed by atoms with Crippen molar-refractivity contribution in [3.05, 3.63) is 71.2 Å². The minimum Gasteiger partial charge on any atom is -0.497 e. The van der Waals surface area contributed by atoms with Gasteiger partial charge in [-0.1, -0.05) is 24.3 Å². The van der Waals surface area contributed by atoms with Gasteiger partial charge in [0.25, 0.3) is 15.9 Å². The van der Waals surface area contributed by atoms with Gasteiger partial charge < -0.3 is 24.0 Å². The molecule has 0 radical (unpaired) electrons. The predicted octanol–water partition coefficient (Wildman–Crippen LogP) is 2.73. The molecule has 0 spiro atoms. The van der Waals surface area contributed by atoms with E-state index in [0.29, 0.717) is 48.8 Å². The van der Waals surface area contributed by atoms with Gasteiger partial charge in [0.1, 0.15) is 11.5 Å². The number of piperazine rings is 1. The van der Waals surface area contributed by atoms with Crippen LogP contribution in [-0.4, -0.2) is 98.7 Å². The highest BCUT2D eigenvalue weighted by Gasteiger charge is 2.43. The summed E-state index contributed by atoms with van der Waals surface area (Å²) in [6.45, 7) is 4.15. The highest BCUT2D eigenvalue weighted by Crippen LogP contribution is 2.30. The zero-order chi connectivity index (χ0) is 32.2. The Morgan fingerprint density at radius 2 is 1.36 bits per heavy atom. The molecule has 1 saturated heterocycles. The van der Waals surface area contributed by atoms with Crippen LogP contribution in [0.15, 0.2) is 53.6 Å². The molecule has 44 heavy (non-hydrogen) atoms. The molecule has 2 heterocycles. The molecule has 4 rings (SSSR count). The predicted molar refractivity (Wildman–Crippen MR) is 159 cm³/mol. The number of carbonyl (C=O) groups is 2. The Labute approximate surface area is 256 Å². The van der Waals surface area contributed by atoms with Crippen LogP contribution in [0, 0.1) is 5.82 Å². The Bertz CT molecular complexity index is 1530. The van der Waals surface area contributed by atoms with E-state index < -0.39 is 44.0 Å². The van der Waals surface area contributed by atoms with Crippen molar-refractivity contribution in [3.63, 3.8) is 0 Å². The minimum absolute atomic E-state index is 0.146. The number of ether oxygens (including phenoxy) is 3. The van der Waals surface area contributed by atoms with E-state index in [1.807, 2.05) is 11.9 Å². The van der Waals surface area contributed by atoms with Crippen LogP contribution in [0.1, 0.15) is 35.5 Å². The van der Waals surface area contributed by atoms with E-state index in [1.54, 1.807) is 48.5 Å². The van der Waals surface area contributed by atoms with E-state index in [2.05, 4.69) is 5.10 Å². The van der Waals surface area contributed by atoms with Gasteiger partial charge in [-0.15, -0.1) is 0 Å². The molecule has 3 aromatic rings. The monoisotopic (exact) mass is 631 g/mol. The summed E-state index contributed by atoms with van der Waals surface area (Å²) in [6, 6.07) is 13.6. The number of amides is 1. The number of carbonyl (C=O) groups excluding carboxylic acids is 2. The molecule has 2 aromatic carbocycles. The average molecular weight is 632 g/mol. The molecule has 1 aliphatic rings. The first-order valence-electron chi connectivity index (χ1n) is 13.9. The van der Waals surface area contributed by atoms with Crippen LogP contribution in [0.3, 0.4) is 0 Å². The van der Waals surface area contributed by atoms with Crippen molar-refractivity contribution in [1.82, 2.24) is 23.9 Å². The van der Waals surface area contributed by atoms with E-state index in [0.717, 1.165) is 16.1 Å². The van der Waals surface area contributed by atoms with E-state index in [4.69, 9.17) is 14.2 Å². The maximum absolute atomic E-state index is 16.5.